The monoisotopic (exact) mass is 418 g/mol. The SMILES string of the molecule is CCOC(=O)C1=C(CSc2ccc(O)cc2)NC(=O)NC1c1ccc(Cl)cc1. The van der Waals surface area contributed by atoms with Gasteiger partial charge in [0.1, 0.15) is 5.75 Å². The summed E-state index contributed by atoms with van der Waals surface area (Å²) in [6, 6.07) is 12.6. The van der Waals surface area contributed by atoms with Crippen LogP contribution in [0.4, 0.5) is 4.79 Å². The fraction of sp³-hybridized carbons (Fsp3) is 0.200. The fourth-order valence-electron chi connectivity index (χ4n) is 2.78. The average molecular weight is 419 g/mol. The second kappa shape index (κ2) is 9.03. The summed E-state index contributed by atoms with van der Waals surface area (Å²) in [5.41, 5.74) is 1.57. The van der Waals surface area contributed by atoms with Crippen molar-refractivity contribution >= 4 is 35.4 Å². The number of rotatable bonds is 6. The van der Waals surface area contributed by atoms with Gasteiger partial charge in [-0.2, -0.15) is 0 Å². The molecule has 3 N–H and O–H groups in total. The number of phenols is 1. The topological polar surface area (TPSA) is 87.7 Å². The molecule has 3 rings (SSSR count). The molecule has 0 aromatic heterocycles. The Kier molecular flexibility index (Phi) is 6.49. The van der Waals surface area contributed by atoms with E-state index in [4.69, 9.17) is 16.3 Å². The van der Waals surface area contributed by atoms with Crippen LogP contribution in [-0.2, 0) is 9.53 Å². The second-order valence-corrected chi connectivity index (χ2v) is 7.46. The van der Waals surface area contributed by atoms with Crippen LogP contribution in [0.3, 0.4) is 0 Å². The van der Waals surface area contributed by atoms with E-state index in [9.17, 15) is 14.7 Å². The van der Waals surface area contributed by atoms with Gasteiger partial charge in [0.25, 0.3) is 0 Å². The molecule has 1 unspecified atom stereocenters. The number of carbonyl (C=O) groups excluding carboxylic acids is 2. The fourth-order valence-corrected chi connectivity index (χ4v) is 3.78. The first-order valence-electron chi connectivity index (χ1n) is 8.63. The lowest BCUT2D eigenvalue weighted by molar-refractivity contribution is -0.139. The first-order chi connectivity index (χ1) is 13.5. The molecule has 6 nitrogen and oxygen atoms in total. The van der Waals surface area contributed by atoms with Crippen molar-refractivity contribution in [2.24, 2.45) is 0 Å². The number of aromatic hydroxyl groups is 1. The predicted molar refractivity (Wildman–Crippen MR) is 108 cm³/mol. The lowest BCUT2D eigenvalue weighted by Gasteiger charge is -2.29. The summed E-state index contributed by atoms with van der Waals surface area (Å²) in [4.78, 5) is 25.8. The van der Waals surface area contributed by atoms with Crippen LogP contribution in [0.25, 0.3) is 0 Å². The third-order valence-electron chi connectivity index (χ3n) is 4.07. The number of urea groups is 1. The summed E-state index contributed by atoms with van der Waals surface area (Å²) >= 11 is 7.40. The Balaban J connectivity index is 1.94. The van der Waals surface area contributed by atoms with Crippen molar-refractivity contribution in [1.29, 1.82) is 0 Å². The maximum Gasteiger partial charge on any atom is 0.338 e. The van der Waals surface area contributed by atoms with Gasteiger partial charge in [-0.15, -0.1) is 11.8 Å². The van der Waals surface area contributed by atoms with Crippen LogP contribution in [0, 0.1) is 0 Å². The Morgan fingerprint density at radius 2 is 1.86 bits per heavy atom. The number of nitrogens with one attached hydrogen (secondary N) is 2. The molecule has 0 aliphatic carbocycles. The minimum atomic E-state index is -0.638. The van der Waals surface area contributed by atoms with Gasteiger partial charge in [-0.05, 0) is 48.9 Å². The van der Waals surface area contributed by atoms with Crippen LogP contribution in [0.15, 0.2) is 64.7 Å². The maximum absolute atomic E-state index is 12.7. The van der Waals surface area contributed by atoms with E-state index in [1.165, 1.54) is 11.8 Å². The molecule has 146 valence electrons. The first-order valence-corrected chi connectivity index (χ1v) is 9.99. The number of phenolic OH excluding ortho intramolecular Hbond substituents is 1. The number of benzene rings is 2. The van der Waals surface area contributed by atoms with Crippen LogP contribution in [0.5, 0.6) is 5.75 Å². The number of amides is 2. The van der Waals surface area contributed by atoms with Crippen molar-refractivity contribution in [3.8, 4) is 5.75 Å². The van der Waals surface area contributed by atoms with Crippen LogP contribution in [0.2, 0.25) is 5.02 Å². The summed E-state index contributed by atoms with van der Waals surface area (Å²) in [5, 5.41) is 15.5. The van der Waals surface area contributed by atoms with Crippen LogP contribution in [-0.4, -0.2) is 29.5 Å². The van der Waals surface area contributed by atoms with Crippen LogP contribution >= 0.6 is 23.4 Å². The highest BCUT2D eigenvalue weighted by molar-refractivity contribution is 7.99. The minimum Gasteiger partial charge on any atom is -0.508 e. The molecule has 0 fully saturated rings. The average Bonchev–Trinajstić information content (AvgIpc) is 2.68. The van der Waals surface area contributed by atoms with Gasteiger partial charge in [-0.25, -0.2) is 9.59 Å². The Morgan fingerprint density at radius 1 is 1.18 bits per heavy atom. The lowest BCUT2D eigenvalue weighted by Crippen LogP contribution is -2.46. The first kappa shape index (κ1) is 20.1. The quantitative estimate of drug-likeness (QED) is 0.487. The normalized spacial score (nSPS) is 16.4. The molecule has 1 aliphatic heterocycles. The molecule has 0 saturated heterocycles. The highest BCUT2D eigenvalue weighted by Crippen LogP contribution is 2.31. The van der Waals surface area contributed by atoms with E-state index >= 15 is 0 Å². The highest BCUT2D eigenvalue weighted by atomic mass is 35.5. The zero-order valence-corrected chi connectivity index (χ0v) is 16.6. The lowest BCUT2D eigenvalue weighted by atomic mass is 9.95. The van der Waals surface area contributed by atoms with Crippen LogP contribution in [0.1, 0.15) is 18.5 Å². The van der Waals surface area contributed by atoms with Crippen molar-refractivity contribution in [3.05, 3.63) is 70.4 Å². The van der Waals surface area contributed by atoms with E-state index in [1.54, 1.807) is 55.5 Å². The zero-order valence-electron chi connectivity index (χ0n) is 15.1. The Morgan fingerprint density at radius 3 is 2.50 bits per heavy atom. The number of hydrogen-bond donors (Lipinski definition) is 3. The van der Waals surface area contributed by atoms with Gasteiger partial charge in [0.15, 0.2) is 0 Å². The van der Waals surface area contributed by atoms with Crippen LogP contribution < -0.4 is 10.6 Å². The third kappa shape index (κ3) is 4.79. The van der Waals surface area contributed by atoms with E-state index in [0.29, 0.717) is 22.0 Å². The smallest absolute Gasteiger partial charge is 0.338 e. The Labute approximate surface area is 171 Å². The van der Waals surface area contributed by atoms with Crippen molar-refractivity contribution in [3.63, 3.8) is 0 Å². The number of thioether (sulfide) groups is 1. The molecule has 28 heavy (non-hydrogen) atoms. The molecule has 1 aliphatic rings. The van der Waals surface area contributed by atoms with E-state index < -0.39 is 18.0 Å². The van der Waals surface area contributed by atoms with Gasteiger partial charge < -0.3 is 20.5 Å². The van der Waals surface area contributed by atoms with Crippen molar-refractivity contribution in [2.45, 2.75) is 17.9 Å². The summed E-state index contributed by atoms with van der Waals surface area (Å²) in [7, 11) is 0. The number of esters is 1. The molecule has 0 bridgehead atoms. The Bertz CT molecular complexity index is 897. The molecule has 0 spiro atoms. The Hall–Kier alpha value is -2.64. The molecule has 0 radical (unpaired) electrons. The maximum atomic E-state index is 12.7. The third-order valence-corrected chi connectivity index (χ3v) is 5.36. The summed E-state index contributed by atoms with van der Waals surface area (Å²) < 4.78 is 5.23. The number of ether oxygens (including phenoxy) is 1. The van der Waals surface area contributed by atoms with Gasteiger partial charge in [0.2, 0.25) is 0 Å². The van der Waals surface area contributed by atoms with Gasteiger partial charge in [0.05, 0.1) is 18.2 Å². The number of carbonyl (C=O) groups is 2. The molecule has 2 amide bonds. The second-order valence-electron chi connectivity index (χ2n) is 5.98. The molecule has 2 aromatic carbocycles. The predicted octanol–water partition coefficient (Wildman–Crippen LogP) is 4.01. The van der Waals surface area contributed by atoms with Gasteiger partial charge in [0, 0.05) is 21.4 Å². The van der Waals surface area contributed by atoms with Crippen molar-refractivity contribution < 1.29 is 19.4 Å². The van der Waals surface area contributed by atoms with Gasteiger partial charge in [-0.3, -0.25) is 0 Å². The van der Waals surface area contributed by atoms with E-state index in [2.05, 4.69) is 10.6 Å². The van der Waals surface area contributed by atoms with E-state index in [1.807, 2.05) is 0 Å². The molecule has 2 aromatic rings. The molecular formula is C20H19ClN2O4S. The van der Waals surface area contributed by atoms with E-state index in [0.717, 1.165) is 10.5 Å². The number of hydrogen-bond acceptors (Lipinski definition) is 5. The summed E-state index contributed by atoms with van der Waals surface area (Å²) in [5.74, 6) is 0.0428. The molecule has 1 heterocycles. The molecular weight excluding hydrogens is 400 g/mol. The molecule has 0 saturated carbocycles. The summed E-state index contributed by atoms with van der Waals surface area (Å²) in [6.07, 6.45) is 0. The van der Waals surface area contributed by atoms with Gasteiger partial charge in [-0.1, -0.05) is 23.7 Å². The molecule has 8 heteroatoms. The number of halogens is 1. The van der Waals surface area contributed by atoms with Crippen molar-refractivity contribution in [2.75, 3.05) is 12.4 Å². The largest absolute Gasteiger partial charge is 0.508 e. The minimum absolute atomic E-state index is 0.175. The highest BCUT2D eigenvalue weighted by Gasteiger charge is 2.33. The van der Waals surface area contributed by atoms with E-state index in [-0.39, 0.29) is 12.4 Å². The van der Waals surface area contributed by atoms with Gasteiger partial charge >= 0.3 is 12.0 Å². The molecule has 1 atom stereocenters. The van der Waals surface area contributed by atoms with Crippen molar-refractivity contribution in [1.82, 2.24) is 10.6 Å². The zero-order chi connectivity index (χ0) is 20.1. The standard InChI is InChI=1S/C20H19ClN2O4S/c1-2-27-19(25)17-16(11-28-15-9-7-14(24)8-10-15)22-20(26)23-18(17)12-3-5-13(21)6-4-12/h3-10,18,24H,2,11H2,1H3,(H2,22,23,26). The summed E-state index contributed by atoms with van der Waals surface area (Å²) in [6.45, 7) is 1.96.